The van der Waals surface area contributed by atoms with E-state index >= 15 is 0 Å². The third kappa shape index (κ3) is 3.04. The largest absolute Gasteiger partial charge is 0.381 e. The summed E-state index contributed by atoms with van der Waals surface area (Å²) in [4.78, 5) is 16.1. The van der Waals surface area contributed by atoms with Crippen LogP contribution in [0.5, 0.6) is 0 Å². The van der Waals surface area contributed by atoms with E-state index in [-0.39, 0.29) is 11.9 Å². The monoisotopic (exact) mass is 298 g/mol. The number of ether oxygens (including phenoxy) is 1. The topological polar surface area (TPSA) is 51.2 Å². The molecule has 17 heavy (non-hydrogen) atoms. The summed E-state index contributed by atoms with van der Waals surface area (Å²) in [5.41, 5.74) is 0.429. The fraction of sp³-hybridized carbons (Fsp3) is 0.500. The number of carbonyl (C=O) groups is 1. The van der Waals surface area contributed by atoms with Crippen LogP contribution in [0.15, 0.2) is 22.8 Å². The normalized spacial score (nSPS) is 21.2. The fourth-order valence-electron chi connectivity index (χ4n) is 1.89. The van der Waals surface area contributed by atoms with E-state index in [2.05, 4.69) is 26.2 Å². The lowest BCUT2D eigenvalue weighted by Gasteiger charge is -2.19. The van der Waals surface area contributed by atoms with Gasteiger partial charge in [-0.2, -0.15) is 0 Å². The van der Waals surface area contributed by atoms with Gasteiger partial charge in [-0.1, -0.05) is 0 Å². The number of aromatic nitrogens is 1. The molecule has 2 heterocycles. The van der Waals surface area contributed by atoms with Gasteiger partial charge in [0.2, 0.25) is 0 Å². The molecule has 1 aliphatic heterocycles. The molecule has 0 unspecified atom stereocenters. The second kappa shape index (κ2) is 5.60. The quantitative estimate of drug-likeness (QED) is 0.928. The predicted octanol–water partition coefficient (Wildman–Crippen LogP) is 2.00. The van der Waals surface area contributed by atoms with Crippen molar-refractivity contribution in [2.75, 3.05) is 13.2 Å². The highest BCUT2D eigenvalue weighted by atomic mass is 79.9. The van der Waals surface area contributed by atoms with Crippen molar-refractivity contribution < 1.29 is 9.53 Å². The minimum absolute atomic E-state index is 0.110. The molecule has 1 N–H and O–H groups in total. The molecule has 92 valence electrons. The van der Waals surface area contributed by atoms with Crippen molar-refractivity contribution in [1.29, 1.82) is 0 Å². The maximum absolute atomic E-state index is 12.0. The van der Waals surface area contributed by atoms with Gasteiger partial charge in [0.25, 0.3) is 5.91 Å². The Balaban J connectivity index is 1.99. The molecule has 0 aromatic carbocycles. The van der Waals surface area contributed by atoms with E-state index in [0.29, 0.717) is 16.1 Å². The number of halogens is 1. The minimum Gasteiger partial charge on any atom is -0.381 e. The Bertz CT molecular complexity index is 405. The third-order valence-electron chi connectivity index (χ3n) is 3.00. The van der Waals surface area contributed by atoms with Crippen molar-refractivity contribution in [3.8, 4) is 0 Å². The highest BCUT2D eigenvalue weighted by Crippen LogP contribution is 2.18. The molecule has 1 aliphatic rings. The zero-order chi connectivity index (χ0) is 12.3. The van der Waals surface area contributed by atoms with Gasteiger partial charge in [0.05, 0.1) is 6.61 Å². The Morgan fingerprint density at radius 2 is 2.53 bits per heavy atom. The Morgan fingerprint density at radius 1 is 1.71 bits per heavy atom. The summed E-state index contributed by atoms with van der Waals surface area (Å²) in [5.74, 6) is 0.262. The molecule has 4 nitrogen and oxygen atoms in total. The van der Waals surface area contributed by atoms with Crippen LogP contribution in [-0.4, -0.2) is 30.1 Å². The molecule has 1 saturated heterocycles. The lowest BCUT2D eigenvalue weighted by atomic mass is 10.0. The highest BCUT2D eigenvalue weighted by molar-refractivity contribution is 9.10. The van der Waals surface area contributed by atoms with Gasteiger partial charge in [0.1, 0.15) is 5.69 Å². The van der Waals surface area contributed by atoms with Crippen molar-refractivity contribution in [3.05, 3.63) is 28.5 Å². The van der Waals surface area contributed by atoms with E-state index in [1.165, 1.54) is 0 Å². The average Bonchev–Trinajstić information content (AvgIpc) is 2.82. The van der Waals surface area contributed by atoms with Gasteiger partial charge in [-0.3, -0.25) is 4.79 Å². The van der Waals surface area contributed by atoms with E-state index < -0.39 is 0 Å². The van der Waals surface area contributed by atoms with Crippen LogP contribution in [-0.2, 0) is 4.74 Å². The minimum atomic E-state index is -0.142. The van der Waals surface area contributed by atoms with Crippen molar-refractivity contribution in [3.63, 3.8) is 0 Å². The molecule has 1 aromatic heterocycles. The van der Waals surface area contributed by atoms with E-state index in [4.69, 9.17) is 4.74 Å². The molecule has 2 atom stereocenters. The molecule has 0 bridgehead atoms. The van der Waals surface area contributed by atoms with Crippen LogP contribution < -0.4 is 5.32 Å². The summed E-state index contributed by atoms with van der Waals surface area (Å²) in [7, 11) is 0. The molecule has 1 amide bonds. The summed E-state index contributed by atoms with van der Waals surface area (Å²) >= 11 is 3.32. The average molecular weight is 299 g/mol. The van der Waals surface area contributed by atoms with Crippen LogP contribution in [0.1, 0.15) is 23.8 Å². The number of nitrogens with one attached hydrogen (secondary N) is 1. The van der Waals surface area contributed by atoms with Gasteiger partial charge in [0.15, 0.2) is 0 Å². The molecule has 1 aromatic rings. The summed E-state index contributed by atoms with van der Waals surface area (Å²) in [6.45, 7) is 3.52. The summed E-state index contributed by atoms with van der Waals surface area (Å²) in [6, 6.07) is 3.71. The first kappa shape index (κ1) is 12.5. The smallest absolute Gasteiger partial charge is 0.271 e. The van der Waals surface area contributed by atoms with Crippen LogP contribution in [0.4, 0.5) is 0 Å². The van der Waals surface area contributed by atoms with Crippen molar-refractivity contribution in [1.82, 2.24) is 10.3 Å². The van der Waals surface area contributed by atoms with Gasteiger partial charge in [-0.25, -0.2) is 4.98 Å². The summed E-state index contributed by atoms with van der Waals surface area (Å²) in [6.07, 6.45) is 2.62. The first-order chi connectivity index (χ1) is 8.18. The van der Waals surface area contributed by atoms with Crippen molar-refractivity contribution in [2.24, 2.45) is 5.92 Å². The molecular formula is C12H15BrN2O2. The van der Waals surface area contributed by atoms with Crippen LogP contribution in [0.3, 0.4) is 0 Å². The maximum Gasteiger partial charge on any atom is 0.271 e. The molecule has 5 heteroatoms. The van der Waals surface area contributed by atoms with E-state index in [1.807, 2.05) is 13.0 Å². The van der Waals surface area contributed by atoms with Gasteiger partial charge < -0.3 is 10.1 Å². The standard InChI is InChI=1S/C12H15BrN2O2/c1-8(9-4-6-17-7-9)15-12(16)11-10(13)3-2-5-14-11/h2-3,5,8-9H,4,6-7H2,1H3,(H,15,16)/t8-,9+/m1/s1. The number of rotatable bonds is 3. The lowest BCUT2D eigenvalue weighted by Crippen LogP contribution is -2.38. The number of hydrogen-bond donors (Lipinski definition) is 1. The Kier molecular flexibility index (Phi) is 4.12. The van der Waals surface area contributed by atoms with Gasteiger partial charge in [-0.05, 0) is 41.4 Å². The van der Waals surface area contributed by atoms with E-state index in [9.17, 15) is 4.79 Å². The van der Waals surface area contributed by atoms with Gasteiger partial charge in [-0.15, -0.1) is 0 Å². The molecular weight excluding hydrogens is 284 g/mol. The van der Waals surface area contributed by atoms with Crippen molar-refractivity contribution >= 4 is 21.8 Å². The predicted molar refractivity (Wildman–Crippen MR) is 67.8 cm³/mol. The summed E-state index contributed by atoms with van der Waals surface area (Å²) in [5, 5.41) is 2.97. The van der Waals surface area contributed by atoms with E-state index in [0.717, 1.165) is 19.6 Å². The molecule has 1 fully saturated rings. The second-order valence-corrected chi connectivity index (χ2v) is 5.07. The SMILES string of the molecule is C[C@@H](NC(=O)c1ncccc1Br)[C@H]1CCOC1. The highest BCUT2D eigenvalue weighted by Gasteiger charge is 2.24. The molecule has 0 radical (unpaired) electrons. The Labute approximate surface area is 109 Å². The third-order valence-corrected chi connectivity index (χ3v) is 3.64. The number of carbonyl (C=O) groups excluding carboxylic acids is 1. The Hall–Kier alpha value is -0.940. The van der Waals surface area contributed by atoms with Crippen LogP contribution in [0.2, 0.25) is 0 Å². The van der Waals surface area contributed by atoms with Crippen LogP contribution in [0.25, 0.3) is 0 Å². The summed E-state index contributed by atoms with van der Waals surface area (Å²) < 4.78 is 6.03. The first-order valence-corrected chi connectivity index (χ1v) is 6.47. The number of pyridine rings is 1. The number of nitrogens with zero attached hydrogens (tertiary/aromatic N) is 1. The van der Waals surface area contributed by atoms with Crippen LogP contribution in [0, 0.1) is 5.92 Å². The van der Waals surface area contributed by atoms with Gasteiger partial charge >= 0.3 is 0 Å². The molecule has 0 aliphatic carbocycles. The van der Waals surface area contributed by atoms with E-state index in [1.54, 1.807) is 12.3 Å². The maximum atomic E-state index is 12.0. The first-order valence-electron chi connectivity index (χ1n) is 5.67. The lowest BCUT2D eigenvalue weighted by molar-refractivity contribution is 0.0916. The Morgan fingerprint density at radius 3 is 3.18 bits per heavy atom. The van der Waals surface area contributed by atoms with Crippen molar-refractivity contribution in [2.45, 2.75) is 19.4 Å². The molecule has 0 saturated carbocycles. The second-order valence-electron chi connectivity index (χ2n) is 4.22. The zero-order valence-corrected chi connectivity index (χ0v) is 11.2. The molecule has 0 spiro atoms. The molecule has 2 rings (SSSR count). The van der Waals surface area contributed by atoms with Crippen LogP contribution >= 0.6 is 15.9 Å². The number of hydrogen-bond acceptors (Lipinski definition) is 3. The number of amides is 1. The fourth-order valence-corrected chi connectivity index (χ4v) is 2.33. The zero-order valence-electron chi connectivity index (χ0n) is 9.65. The van der Waals surface area contributed by atoms with Gasteiger partial charge in [0, 0.05) is 29.2 Å².